The zero-order valence-electron chi connectivity index (χ0n) is 28.8. The van der Waals surface area contributed by atoms with Crippen LogP contribution >= 0.6 is 0 Å². The topological polar surface area (TPSA) is 58.9 Å². The lowest BCUT2D eigenvalue weighted by Crippen LogP contribution is -2.65. The van der Waals surface area contributed by atoms with Gasteiger partial charge >= 0.3 is 0 Å². The van der Waals surface area contributed by atoms with E-state index in [0.717, 1.165) is 11.1 Å². The van der Waals surface area contributed by atoms with Crippen LogP contribution in [0.5, 0.6) is 0 Å². The van der Waals surface area contributed by atoms with E-state index in [2.05, 4.69) is 31.2 Å². The molecule has 0 saturated carbocycles. The summed E-state index contributed by atoms with van der Waals surface area (Å²) in [6.45, 7) is 5.97. The van der Waals surface area contributed by atoms with Crippen molar-refractivity contribution in [2.24, 2.45) is 0 Å². The van der Waals surface area contributed by atoms with Crippen molar-refractivity contribution in [2.75, 3.05) is 0 Å². The van der Waals surface area contributed by atoms with Crippen LogP contribution < -0.4 is 0 Å². The van der Waals surface area contributed by atoms with Crippen LogP contribution in [-0.2, 0) is 26.1 Å². The van der Waals surface area contributed by atoms with Crippen LogP contribution in [0.2, 0.25) is 0 Å². The summed E-state index contributed by atoms with van der Waals surface area (Å²) in [5.74, 6) is -1.18. The van der Waals surface area contributed by atoms with Crippen molar-refractivity contribution in [3.63, 3.8) is 0 Å². The Labute approximate surface area is 295 Å². The highest BCUT2D eigenvalue weighted by Crippen LogP contribution is 2.61. The van der Waals surface area contributed by atoms with Crippen LogP contribution in [0.15, 0.2) is 182 Å². The molecular weight excluding hydrogens is 617 g/mol. The third-order valence-corrected chi connectivity index (χ3v) is 10.6. The molecule has 0 aliphatic carbocycles. The molecule has 0 bridgehead atoms. The van der Waals surface area contributed by atoms with Gasteiger partial charge in [0.05, 0.1) is 0 Å². The minimum absolute atomic E-state index is 0.0321. The Morgan fingerprint density at radius 2 is 0.780 bits per heavy atom. The molecule has 1 fully saturated rings. The molecule has 0 radical (unpaired) electrons. The van der Waals surface area contributed by atoms with E-state index in [1.165, 1.54) is 0 Å². The molecule has 4 nitrogen and oxygen atoms in total. The van der Waals surface area contributed by atoms with Gasteiger partial charge in [0, 0.05) is 11.8 Å². The van der Waals surface area contributed by atoms with Crippen molar-refractivity contribution < 1.29 is 19.7 Å². The average molecular weight is 661 g/mol. The predicted molar refractivity (Wildman–Crippen MR) is 198 cm³/mol. The van der Waals surface area contributed by atoms with E-state index in [-0.39, 0.29) is 6.42 Å². The molecule has 0 spiro atoms. The Morgan fingerprint density at radius 3 is 1.12 bits per heavy atom. The monoisotopic (exact) mass is 660 g/mol. The maximum atomic E-state index is 13.7. The van der Waals surface area contributed by atoms with Crippen molar-refractivity contribution in [1.29, 1.82) is 0 Å². The molecule has 6 aromatic rings. The van der Waals surface area contributed by atoms with E-state index in [1.807, 2.05) is 172 Å². The second-order valence-corrected chi connectivity index (χ2v) is 14.0. The highest BCUT2D eigenvalue weighted by molar-refractivity contribution is 5.50. The van der Waals surface area contributed by atoms with E-state index in [4.69, 9.17) is 9.47 Å². The third-order valence-electron chi connectivity index (χ3n) is 10.6. The summed E-state index contributed by atoms with van der Waals surface area (Å²) in [4.78, 5) is 0. The van der Waals surface area contributed by atoms with Gasteiger partial charge in [-0.25, -0.2) is 0 Å². The van der Waals surface area contributed by atoms with Gasteiger partial charge in [0.1, 0.15) is 22.9 Å². The van der Waals surface area contributed by atoms with E-state index >= 15 is 0 Å². The summed E-state index contributed by atoms with van der Waals surface area (Å²) in [5, 5.41) is 27.2. The zero-order chi connectivity index (χ0) is 34.9. The molecule has 1 heterocycles. The minimum atomic E-state index is -1.73. The lowest BCUT2D eigenvalue weighted by Gasteiger charge is -2.54. The fourth-order valence-electron chi connectivity index (χ4n) is 8.22. The summed E-state index contributed by atoms with van der Waals surface area (Å²) < 4.78 is 14.7. The third kappa shape index (κ3) is 5.59. The van der Waals surface area contributed by atoms with Gasteiger partial charge < -0.3 is 19.7 Å². The minimum Gasteiger partial charge on any atom is -0.380 e. The molecule has 2 atom stereocenters. The van der Waals surface area contributed by atoms with Gasteiger partial charge in [-0.1, -0.05) is 182 Å². The predicted octanol–water partition coefficient (Wildman–Crippen LogP) is 9.15. The SMILES string of the molecule is CC1(C)OC(C(O)(c2ccccc2)c2ccccc2)[C@@](CC(O)(c2ccccc2)c2ccccc2)(C(C)(c2ccccc2)c2ccccc2)O1. The lowest BCUT2D eigenvalue weighted by molar-refractivity contribution is -0.186. The smallest absolute Gasteiger partial charge is 0.164 e. The Kier molecular flexibility index (Phi) is 8.83. The fraction of sp³-hybridized carbons (Fsp3) is 0.217. The first-order chi connectivity index (χ1) is 24.1. The highest BCUT2D eigenvalue weighted by atomic mass is 16.8. The second-order valence-electron chi connectivity index (χ2n) is 14.0. The van der Waals surface area contributed by atoms with Crippen molar-refractivity contribution in [2.45, 2.75) is 61.3 Å². The Balaban J connectivity index is 1.63. The Morgan fingerprint density at radius 1 is 0.480 bits per heavy atom. The summed E-state index contributed by atoms with van der Waals surface area (Å²) in [5.41, 5.74) is -1.06. The molecule has 0 aromatic heterocycles. The highest BCUT2D eigenvalue weighted by Gasteiger charge is 2.71. The van der Waals surface area contributed by atoms with Crippen LogP contribution in [-0.4, -0.2) is 27.7 Å². The van der Waals surface area contributed by atoms with Crippen LogP contribution in [0, 0.1) is 0 Å². The maximum absolute atomic E-state index is 13.7. The first-order valence-electron chi connectivity index (χ1n) is 17.3. The number of ether oxygens (including phenoxy) is 2. The van der Waals surface area contributed by atoms with E-state index in [1.54, 1.807) is 0 Å². The zero-order valence-corrected chi connectivity index (χ0v) is 28.8. The number of aliphatic hydroxyl groups is 2. The van der Waals surface area contributed by atoms with Crippen molar-refractivity contribution >= 4 is 0 Å². The molecule has 1 aliphatic rings. The van der Waals surface area contributed by atoms with E-state index < -0.39 is 34.1 Å². The Bertz CT molecular complexity index is 1860. The second kappa shape index (κ2) is 13.1. The van der Waals surface area contributed by atoms with E-state index in [9.17, 15) is 10.2 Å². The number of hydrogen-bond acceptors (Lipinski definition) is 4. The van der Waals surface area contributed by atoms with Gasteiger partial charge in [-0.05, 0) is 54.2 Å². The molecule has 1 unspecified atom stereocenters. The van der Waals surface area contributed by atoms with Crippen LogP contribution in [0.3, 0.4) is 0 Å². The number of benzene rings is 6. The summed E-state index contributed by atoms with van der Waals surface area (Å²) in [7, 11) is 0. The summed E-state index contributed by atoms with van der Waals surface area (Å²) >= 11 is 0. The van der Waals surface area contributed by atoms with Crippen molar-refractivity contribution in [3.8, 4) is 0 Å². The molecule has 1 aliphatic heterocycles. The standard InChI is InChI=1S/C46H44O4/c1-42(2)49-41(46(48,39-30-18-8-19-31-39)40-32-20-9-21-33-40)45(50-42,43(3,35-22-10-4-11-23-35)36-24-12-5-13-25-36)34-44(47,37-26-14-6-15-27-37)38-28-16-7-17-29-38/h4-33,41,47-48H,34H2,1-3H3/t41?,45-/m0/s1. The summed E-state index contributed by atoms with van der Waals surface area (Å²) in [6, 6.07) is 59.4. The van der Waals surface area contributed by atoms with Gasteiger partial charge in [-0.15, -0.1) is 0 Å². The van der Waals surface area contributed by atoms with Gasteiger partial charge in [0.15, 0.2) is 5.79 Å². The molecule has 4 heteroatoms. The molecule has 0 amide bonds. The van der Waals surface area contributed by atoms with Crippen molar-refractivity contribution in [1.82, 2.24) is 0 Å². The van der Waals surface area contributed by atoms with Crippen LogP contribution in [0.25, 0.3) is 0 Å². The molecule has 50 heavy (non-hydrogen) atoms. The molecular formula is C46H44O4. The first-order valence-corrected chi connectivity index (χ1v) is 17.3. The summed E-state index contributed by atoms with van der Waals surface area (Å²) in [6.07, 6.45) is -1.01. The fourth-order valence-corrected chi connectivity index (χ4v) is 8.22. The van der Waals surface area contributed by atoms with E-state index in [0.29, 0.717) is 22.3 Å². The number of hydrogen-bond donors (Lipinski definition) is 2. The molecule has 7 rings (SSSR count). The molecule has 1 saturated heterocycles. The number of rotatable bonds is 10. The van der Waals surface area contributed by atoms with Gasteiger partial charge in [-0.2, -0.15) is 0 Å². The normalized spacial score (nSPS) is 19.3. The van der Waals surface area contributed by atoms with Crippen LogP contribution in [0.4, 0.5) is 0 Å². The largest absolute Gasteiger partial charge is 0.380 e. The molecule has 6 aromatic carbocycles. The quantitative estimate of drug-likeness (QED) is 0.154. The first kappa shape index (κ1) is 33.6. The Hall–Kier alpha value is -4.84. The van der Waals surface area contributed by atoms with Gasteiger partial charge in [0.2, 0.25) is 0 Å². The van der Waals surface area contributed by atoms with Crippen molar-refractivity contribution in [3.05, 3.63) is 215 Å². The average Bonchev–Trinajstić information content (AvgIpc) is 3.47. The van der Waals surface area contributed by atoms with Gasteiger partial charge in [0.25, 0.3) is 0 Å². The van der Waals surface area contributed by atoms with Gasteiger partial charge in [-0.3, -0.25) is 0 Å². The molecule has 2 N–H and O–H groups in total. The lowest BCUT2D eigenvalue weighted by atomic mass is 9.55. The maximum Gasteiger partial charge on any atom is 0.164 e. The van der Waals surface area contributed by atoms with Crippen LogP contribution in [0.1, 0.15) is 60.6 Å². The molecule has 252 valence electrons.